The van der Waals surface area contributed by atoms with E-state index in [0.717, 1.165) is 0 Å². The summed E-state index contributed by atoms with van der Waals surface area (Å²) in [5.41, 5.74) is 0. The van der Waals surface area contributed by atoms with Gasteiger partial charge in [-0.2, -0.15) is 0 Å². The smallest absolute Gasteiger partial charge is 0.173 e. The molecule has 4 N–H and O–H groups in total. The molecule has 0 aromatic heterocycles. The molecule has 1 aliphatic heterocycles. The third kappa shape index (κ3) is 4.87. The number of aliphatic hydroxyl groups excluding tert-OH is 4. The fraction of sp³-hybridized carbons (Fsp3) is 0.667. The zero-order valence-corrected chi connectivity index (χ0v) is 15.0. The SMILES string of the molecule is OC[C@H]1OC(O)[C@H](N(C/C=C/I)C/C=C/I)[C@@H](O)[C@@H]1O. The molecular weight excluding hydrogens is 492 g/mol. The highest BCUT2D eigenvalue weighted by Gasteiger charge is 2.45. The second-order valence-electron chi connectivity index (χ2n) is 4.40. The number of ether oxygens (including phenoxy) is 1. The fourth-order valence-corrected chi connectivity index (χ4v) is 2.60. The minimum atomic E-state index is -1.27. The number of hydrogen-bond acceptors (Lipinski definition) is 6. The fourth-order valence-electron chi connectivity index (χ4n) is 2.15. The Balaban J connectivity index is 2.86. The molecule has 1 heterocycles. The summed E-state index contributed by atoms with van der Waals surface area (Å²) in [4.78, 5) is 1.80. The first-order valence-electron chi connectivity index (χ1n) is 6.11. The highest BCUT2D eigenvalue weighted by molar-refractivity contribution is 14.1. The lowest BCUT2D eigenvalue weighted by Gasteiger charge is -2.44. The van der Waals surface area contributed by atoms with Crippen molar-refractivity contribution >= 4 is 45.2 Å². The van der Waals surface area contributed by atoms with Gasteiger partial charge in [0.25, 0.3) is 0 Å². The molecule has 0 aliphatic carbocycles. The Hall–Kier alpha value is 0.700. The molecule has 0 amide bonds. The minimum absolute atomic E-state index is 0.455. The van der Waals surface area contributed by atoms with Gasteiger partial charge in [0.05, 0.1) is 12.6 Å². The van der Waals surface area contributed by atoms with E-state index < -0.39 is 37.3 Å². The lowest BCUT2D eigenvalue weighted by molar-refractivity contribution is -0.270. The summed E-state index contributed by atoms with van der Waals surface area (Å²) in [5, 5.41) is 39.2. The second kappa shape index (κ2) is 9.66. The Labute approximate surface area is 145 Å². The van der Waals surface area contributed by atoms with Crippen LogP contribution in [0.25, 0.3) is 0 Å². The highest BCUT2D eigenvalue weighted by Crippen LogP contribution is 2.24. The Morgan fingerprint density at radius 1 is 1.00 bits per heavy atom. The summed E-state index contributed by atoms with van der Waals surface area (Å²) >= 11 is 4.18. The summed E-state index contributed by atoms with van der Waals surface area (Å²) in [6.45, 7) is 0.550. The predicted molar refractivity (Wildman–Crippen MR) is 91.7 cm³/mol. The maximum Gasteiger partial charge on any atom is 0.173 e. The zero-order valence-electron chi connectivity index (χ0n) is 10.7. The van der Waals surface area contributed by atoms with Crippen molar-refractivity contribution in [2.75, 3.05) is 19.7 Å². The first-order chi connectivity index (χ1) is 9.56. The summed E-state index contributed by atoms with van der Waals surface area (Å²) < 4.78 is 8.86. The maximum absolute atomic E-state index is 10.2. The standard InChI is InChI=1S/C12H19I2NO5/c13-3-1-5-15(6-2-4-14)9-11(18)10(17)8(7-16)20-12(9)19/h1-4,8-12,16-19H,5-7H2/b3-1+,4-2+/t8-,9-,10-,11-,12?/m1/s1. The molecule has 1 fully saturated rings. The Morgan fingerprint density at radius 3 is 2.00 bits per heavy atom. The molecule has 1 saturated heterocycles. The van der Waals surface area contributed by atoms with Crippen molar-refractivity contribution in [3.05, 3.63) is 20.3 Å². The molecular formula is C12H19I2NO5. The van der Waals surface area contributed by atoms with E-state index in [-0.39, 0.29) is 0 Å². The van der Waals surface area contributed by atoms with Crippen LogP contribution in [-0.4, -0.2) is 75.7 Å². The van der Waals surface area contributed by atoms with Gasteiger partial charge in [-0.25, -0.2) is 0 Å². The van der Waals surface area contributed by atoms with Gasteiger partial charge in [0, 0.05) is 13.1 Å². The van der Waals surface area contributed by atoms with Gasteiger partial charge in [0.1, 0.15) is 18.3 Å². The molecule has 116 valence electrons. The van der Waals surface area contributed by atoms with Gasteiger partial charge in [-0.3, -0.25) is 4.90 Å². The predicted octanol–water partition coefficient (Wildman–Crippen LogP) is -0.0143. The molecule has 0 saturated carbocycles. The lowest BCUT2D eigenvalue weighted by Crippen LogP contribution is -2.64. The van der Waals surface area contributed by atoms with Gasteiger partial charge in [0.2, 0.25) is 0 Å². The van der Waals surface area contributed by atoms with E-state index in [9.17, 15) is 15.3 Å². The van der Waals surface area contributed by atoms with Crippen LogP contribution in [0.4, 0.5) is 0 Å². The Morgan fingerprint density at radius 2 is 1.55 bits per heavy atom. The van der Waals surface area contributed by atoms with Crippen LogP contribution in [0.15, 0.2) is 20.3 Å². The van der Waals surface area contributed by atoms with Crippen LogP contribution in [0.5, 0.6) is 0 Å². The van der Waals surface area contributed by atoms with Crippen molar-refractivity contribution in [3.63, 3.8) is 0 Å². The molecule has 0 bridgehead atoms. The van der Waals surface area contributed by atoms with Crippen LogP contribution in [0, 0.1) is 0 Å². The molecule has 0 aromatic rings. The summed E-state index contributed by atoms with van der Waals surface area (Å²) in [5.74, 6) is 0. The van der Waals surface area contributed by atoms with Crippen molar-refractivity contribution < 1.29 is 25.2 Å². The van der Waals surface area contributed by atoms with Crippen molar-refractivity contribution in [2.24, 2.45) is 0 Å². The number of aliphatic hydroxyl groups is 4. The van der Waals surface area contributed by atoms with Gasteiger partial charge in [-0.05, 0) is 8.17 Å². The molecule has 0 radical (unpaired) electrons. The van der Waals surface area contributed by atoms with E-state index in [4.69, 9.17) is 9.84 Å². The molecule has 1 rings (SSSR count). The molecule has 1 unspecified atom stereocenters. The van der Waals surface area contributed by atoms with E-state index in [1.54, 1.807) is 4.90 Å². The quantitative estimate of drug-likeness (QED) is 0.375. The van der Waals surface area contributed by atoms with E-state index in [2.05, 4.69) is 45.2 Å². The summed E-state index contributed by atoms with van der Waals surface area (Å²) in [7, 11) is 0. The molecule has 6 nitrogen and oxygen atoms in total. The minimum Gasteiger partial charge on any atom is -0.394 e. The van der Waals surface area contributed by atoms with Gasteiger partial charge < -0.3 is 25.2 Å². The van der Waals surface area contributed by atoms with Crippen molar-refractivity contribution in [1.82, 2.24) is 4.90 Å². The van der Waals surface area contributed by atoms with Crippen LogP contribution >= 0.6 is 45.2 Å². The van der Waals surface area contributed by atoms with Gasteiger partial charge in [-0.15, -0.1) is 0 Å². The monoisotopic (exact) mass is 511 g/mol. The summed E-state index contributed by atoms with van der Waals surface area (Å²) in [6.07, 6.45) is -0.907. The van der Waals surface area contributed by atoms with Crippen LogP contribution in [0.2, 0.25) is 0 Å². The topological polar surface area (TPSA) is 93.4 Å². The van der Waals surface area contributed by atoms with E-state index in [1.807, 2.05) is 20.3 Å². The third-order valence-corrected chi connectivity index (χ3v) is 4.16. The Kier molecular flexibility index (Phi) is 9.06. The van der Waals surface area contributed by atoms with Crippen LogP contribution in [-0.2, 0) is 4.74 Å². The summed E-state index contributed by atoms with van der Waals surface area (Å²) in [6, 6.07) is -0.756. The number of nitrogens with zero attached hydrogens (tertiary/aromatic N) is 1. The first-order valence-corrected chi connectivity index (χ1v) is 8.61. The van der Waals surface area contributed by atoms with E-state index in [0.29, 0.717) is 13.1 Å². The first kappa shape index (κ1) is 18.7. The zero-order chi connectivity index (χ0) is 15.1. The third-order valence-electron chi connectivity index (χ3n) is 3.15. The highest BCUT2D eigenvalue weighted by atomic mass is 127. The largest absolute Gasteiger partial charge is 0.394 e. The van der Waals surface area contributed by atoms with Gasteiger partial charge in [0.15, 0.2) is 6.29 Å². The normalized spacial score (nSPS) is 35.5. The molecule has 0 spiro atoms. The van der Waals surface area contributed by atoms with E-state index in [1.165, 1.54) is 0 Å². The average Bonchev–Trinajstić information content (AvgIpc) is 2.45. The van der Waals surface area contributed by atoms with Gasteiger partial charge in [-0.1, -0.05) is 57.3 Å². The lowest BCUT2D eigenvalue weighted by atomic mass is 9.95. The molecule has 1 aliphatic rings. The number of hydrogen-bond donors (Lipinski definition) is 4. The van der Waals surface area contributed by atoms with Crippen molar-refractivity contribution in [1.29, 1.82) is 0 Å². The number of rotatable bonds is 6. The van der Waals surface area contributed by atoms with Crippen LogP contribution in [0.3, 0.4) is 0 Å². The molecule has 0 aromatic carbocycles. The van der Waals surface area contributed by atoms with Crippen LogP contribution in [0.1, 0.15) is 0 Å². The van der Waals surface area contributed by atoms with Gasteiger partial charge >= 0.3 is 0 Å². The van der Waals surface area contributed by atoms with E-state index >= 15 is 0 Å². The maximum atomic E-state index is 10.2. The van der Waals surface area contributed by atoms with Crippen molar-refractivity contribution in [3.8, 4) is 0 Å². The Bertz CT molecular complexity index is 328. The average molecular weight is 511 g/mol. The molecule has 20 heavy (non-hydrogen) atoms. The molecule has 5 atom stereocenters. The number of halogens is 2. The van der Waals surface area contributed by atoms with Crippen LogP contribution < -0.4 is 0 Å². The molecule has 8 heteroatoms. The van der Waals surface area contributed by atoms with Crippen molar-refractivity contribution in [2.45, 2.75) is 30.6 Å². The second-order valence-corrected chi connectivity index (χ2v) is 5.84.